The second kappa shape index (κ2) is 5.30. The molecule has 0 rings (SSSR count). The Morgan fingerprint density at radius 1 is 1.21 bits per heavy atom. The Balaban J connectivity index is 4.25. The lowest BCUT2D eigenvalue weighted by Gasteiger charge is -2.11. The van der Waals surface area contributed by atoms with Crippen LogP contribution in [0.2, 0.25) is 0 Å². The Morgan fingerprint density at radius 3 is 2.07 bits per heavy atom. The van der Waals surface area contributed by atoms with Crippen LogP contribution in [0.15, 0.2) is 0 Å². The number of hydrogen-bond acceptors (Lipinski definition) is 6. The minimum Gasteiger partial charge on any atom is -0.479 e. The van der Waals surface area contributed by atoms with Gasteiger partial charge in [-0.3, -0.25) is 4.79 Å². The van der Waals surface area contributed by atoms with Gasteiger partial charge in [-0.05, 0) is 0 Å². The van der Waals surface area contributed by atoms with E-state index in [0.717, 1.165) is 0 Å². The minimum atomic E-state index is -2.30. The van der Waals surface area contributed by atoms with E-state index in [9.17, 15) is 14.4 Å². The highest BCUT2D eigenvalue weighted by Gasteiger charge is 2.32. The molecule has 0 bridgehead atoms. The van der Waals surface area contributed by atoms with Crippen molar-refractivity contribution in [1.29, 1.82) is 0 Å². The van der Waals surface area contributed by atoms with E-state index < -0.39 is 30.1 Å². The van der Waals surface area contributed by atoms with Crippen LogP contribution in [0.4, 0.5) is 0 Å². The molecule has 0 heterocycles. The number of carboxylic acids is 1. The van der Waals surface area contributed by atoms with Crippen molar-refractivity contribution in [1.82, 2.24) is 0 Å². The molecule has 0 fully saturated rings. The third-order valence-corrected chi connectivity index (χ3v) is 1.30. The number of aliphatic carboxylic acids is 1. The Bertz CT molecular complexity index is 246. The molecule has 0 saturated heterocycles. The van der Waals surface area contributed by atoms with Gasteiger partial charge in [0, 0.05) is 6.42 Å². The van der Waals surface area contributed by atoms with Crippen LogP contribution in [0.25, 0.3) is 0 Å². The largest absolute Gasteiger partial charge is 0.479 e. The van der Waals surface area contributed by atoms with E-state index in [1.54, 1.807) is 0 Å². The van der Waals surface area contributed by atoms with Crippen LogP contribution < -0.4 is 0 Å². The zero-order chi connectivity index (χ0) is 11.3. The van der Waals surface area contributed by atoms with Crippen molar-refractivity contribution in [3.63, 3.8) is 0 Å². The minimum absolute atomic E-state index is 0.0956. The number of carbonyl (C=O) groups excluding carboxylic acids is 2. The number of carbonyl (C=O) groups is 3. The second-order valence-corrected chi connectivity index (χ2v) is 2.37. The van der Waals surface area contributed by atoms with Gasteiger partial charge in [0.05, 0.1) is 0 Å². The number of aliphatic hydroxyl groups is 2. The molecule has 0 radical (unpaired) electrons. The van der Waals surface area contributed by atoms with Crippen LogP contribution in [0.5, 0.6) is 0 Å². The van der Waals surface area contributed by atoms with Crippen molar-refractivity contribution in [3.8, 4) is 0 Å². The van der Waals surface area contributed by atoms with Gasteiger partial charge < -0.3 is 20.1 Å². The zero-order valence-corrected chi connectivity index (χ0v) is 7.34. The van der Waals surface area contributed by atoms with Crippen LogP contribution in [0.1, 0.15) is 13.3 Å². The Morgan fingerprint density at radius 2 is 1.71 bits per heavy atom. The normalized spacial score (nSPS) is 14.2. The molecule has 0 aromatic carbocycles. The van der Waals surface area contributed by atoms with E-state index in [2.05, 4.69) is 4.74 Å². The molecule has 80 valence electrons. The fourth-order valence-electron chi connectivity index (χ4n) is 0.509. The van der Waals surface area contributed by atoms with Gasteiger partial charge in [-0.25, -0.2) is 9.59 Å². The van der Waals surface area contributed by atoms with Crippen molar-refractivity contribution in [2.24, 2.45) is 0 Å². The van der Waals surface area contributed by atoms with E-state index in [1.165, 1.54) is 6.92 Å². The average Bonchev–Trinajstić information content (AvgIpc) is 2.14. The van der Waals surface area contributed by atoms with Crippen LogP contribution in [0, 0.1) is 0 Å². The predicted octanol–water partition coefficient (Wildman–Crippen LogP) is -1.73. The molecule has 14 heavy (non-hydrogen) atoms. The highest BCUT2D eigenvalue weighted by Crippen LogP contribution is 1.98. The first-order valence-electron chi connectivity index (χ1n) is 3.73. The lowest BCUT2D eigenvalue weighted by molar-refractivity contribution is -0.175. The fraction of sp³-hybridized carbons (Fsp3) is 0.571. The van der Waals surface area contributed by atoms with Gasteiger partial charge in [-0.2, -0.15) is 0 Å². The quantitative estimate of drug-likeness (QED) is 0.369. The van der Waals surface area contributed by atoms with Gasteiger partial charge in [0.1, 0.15) is 0 Å². The maximum Gasteiger partial charge on any atom is 0.346 e. The number of carboxylic acid groups (broad SMARTS) is 1. The number of rotatable bonds is 4. The number of aliphatic hydroxyl groups excluding tert-OH is 2. The van der Waals surface area contributed by atoms with E-state index >= 15 is 0 Å². The van der Waals surface area contributed by atoms with Crippen LogP contribution in [-0.2, 0) is 19.1 Å². The summed E-state index contributed by atoms with van der Waals surface area (Å²) in [5.74, 6) is -4.17. The van der Waals surface area contributed by atoms with E-state index in [1.807, 2.05) is 0 Å². The lowest BCUT2D eigenvalue weighted by Crippen LogP contribution is -2.41. The summed E-state index contributed by atoms with van der Waals surface area (Å²) in [6.45, 7) is 1.41. The van der Waals surface area contributed by atoms with Gasteiger partial charge in [0.15, 0.2) is 12.2 Å². The summed E-state index contributed by atoms with van der Waals surface area (Å²) >= 11 is 0. The molecule has 0 aliphatic rings. The lowest BCUT2D eigenvalue weighted by atomic mass is 10.2. The Kier molecular flexibility index (Phi) is 4.74. The molecule has 0 aliphatic heterocycles. The zero-order valence-electron chi connectivity index (χ0n) is 7.34. The molecule has 0 amide bonds. The van der Waals surface area contributed by atoms with Gasteiger partial charge in [-0.15, -0.1) is 0 Å². The summed E-state index contributed by atoms with van der Waals surface area (Å²) in [5.41, 5.74) is 0. The monoisotopic (exact) mass is 206 g/mol. The second-order valence-electron chi connectivity index (χ2n) is 2.37. The fourth-order valence-corrected chi connectivity index (χ4v) is 0.509. The molecule has 0 spiro atoms. The van der Waals surface area contributed by atoms with E-state index in [0.29, 0.717) is 0 Å². The van der Waals surface area contributed by atoms with Crippen molar-refractivity contribution >= 4 is 17.9 Å². The molecular weight excluding hydrogens is 196 g/mol. The van der Waals surface area contributed by atoms with Crippen LogP contribution in [0.3, 0.4) is 0 Å². The summed E-state index contributed by atoms with van der Waals surface area (Å²) in [5, 5.41) is 25.7. The maximum absolute atomic E-state index is 10.7. The average molecular weight is 206 g/mol. The van der Waals surface area contributed by atoms with Crippen molar-refractivity contribution in [3.05, 3.63) is 0 Å². The highest BCUT2D eigenvalue weighted by atomic mass is 16.6. The maximum atomic E-state index is 10.7. The number of esters is 2. The molecule has 2 atom stereocenters. The summed E-state index contributed by atoms with van der Waals surface area (Å²) in [6.07, 6.45) is -4.66. The van der Waals surface area contributed by atoms with Gasteiger partial charge in [0.2, 0.25) is 0 Å². The first-order valence-corrected chi connectivity index (χ1v) is 3.73. The topological polar surface area (TPSA) is 121 Å². The first-order chi connectivity index (χ1) is 6.40. The van der Waals surface area contributed by atoms with Crippen molar-refractivity contribution < 1.29 is 34.4 Å². The smallest absolute Gasteiger partial charge is 0.346 e. The molecule has 0 aromatic heterocycles. The highest BCUT2D eigenvalue weighted by molar-refractivity contribution is 5.91. The van der Waals surface area contributed by atoms with E-state index in [4.69, 9.17) is 15.3 Å². The molecule has 3 N–H and O–H groups in total. The van der Waals surface area contributed by atoms with Gasteiger partial charge in [0.25, 0.3) is 0 Å². The molecule has 0 aliphatic carbocycles. The third kappa shape index (κ3) is 3.50. The molecule has 0 saturated carbocycles. The van der Waals surface area contributed by atoms with Crippen molar-refractivity contribution in [2.45, 2.75) is 25.6 Å². The van der Waals surface area contributed by atoms with Crippen molar-refractivity contribution in [2.75, 3.05) is 0 Å². The van der Waals surface area contributed by atoms with E-state index in [-0.39, 0.29) is 6.42 Å². The van der Waals surface area contributed by atoms with Crippen LogP contribution >= 0.6 is 0 Å². The molecule has 7 nitrogen and oxygen atoms in total. The molecule has 7 heteroatoms. The standard InChI is InChI=1S/C7H10O7/c1-2-3(8)14-7(13)5(10)4(9)6(11)12/h4-5,9-10H,2H2,1H3,(H,11,12). The molecule has 2 unspecified atom stereocenters. The Hall–Kier alpha value is -1.47. The summed E-state index contributed by atoms with van der Waals surface area (Å²) in [6, 6.07) is 0. The summed E-state index contributed by atoms with van der Waals surface area (Å²) in [4.78, 5) is 31.4. The van der Waals surface area contributed by atoms with Gasteiger partial charge in [-0.1, -0.05) is 6.92 Å². The van der Waals surface area contributed by atoms with Crippen LogP contribution in [-0.4, -0.2) is 45.4 Å². The molecule has 0 aromatic rings. The van der Waals surface area contributed by atoms with Gasteiger partial charge >= 0.3 is 17.9 Å². The summed E-state index contributed by atoms with van der Waals surface area (Å²) in [7, 11) is 0. The predicted molar refractivity (Wildman–Crippen MR) is 41.0 cm³/mol. The summed E-state index contributed by atoms with van der Waals surface area (Å²) < 4.78 is 3.98. The number of hydrogen-bond donors (Lipinski definition) is 3. The number of ether oxygens (including phenoxy) is 1. The Labute approximate surface area is 78.9 Å². The first kappa shape index (κ1) is 12.5. The third-order valence-electron chi connectivity index (χ3n) is 1.30. The molecular formula is C7H10O7. The SMILES string of the molecule is CCC(=O)OC(=O)C(O)C(O)C(=O)O.